The lowest BCUT2D eigenvalue weighted by molar-refractivity contribution is -0.137. The summed E-state index contributed by atoms with van der Waals surface area (Å²) >= 11 is 0. The minimum Gasteiger partial charge on any atom is -0.480 e. The second-order valence-corrected chi connectivity index (χ2v) is 6.28. The van der Waals surface area contributed by atoms with Crippen LogP contribution in [0, 0.1) is 0 Å². The molecule has 0 bridgehead atoms. The van der Waals surface area contributed by atoms with E-state index in [-0.39, 0.29) is 23.8 Å². The summed E-state index contributed by atoms with van der Waals surface area (Å²) in [6.07, 6.45) is 5.44. The smallest absolute Gasteiger partial charge is 0.329 e. The maximum Gasteiger partial charge on any atom is 0.329 e. The zero-order valence-electron chi connectivity index (χ0n) is 13.8. The number of H-pyrrole nitrogens is 1. The van der Waals surface area contributed by atoms with E-state index in [9.17, 15) is 19.5 Å². The van der Waals surface area contributed by atoms with E-state index < -0.39 is 17.2 Å². The van der Waals surface area contributed by atoms with Gasteiger partial charge < -0.3 is 10.0 Å². The van der Waals surface area contributed by atoms with E-state index in [2.05, 4.69) is 9.97 Å². The van der Waals surface area contributed by atoms with Gasteiger partial charge in [0.15, 0.2) is 11.2 Å². The lowest BCUT2D eigenvalue weighted by Gasteiger charge is -2.32. The largest absolute Gasteiger partial charge is 0.480 e. The molecule has 24 heavy (non-hydrogen) atoms. The van der Waals surface area contributed by atoms with Crippen molar-refractivity contribution in [2.75, 3.05) is 11.9 Å². The van der Waals surface area contributed by atoms with Gasteiger partial charge in [-0.05, 0) is 12.8 Å². The van der Waals surface area contributed by atoms with Crippen molar-refractivity contribution in [2.45, 2.75) is 44.7 Å². The van der Waals surface area contributed by atoms with Crippen LogP contribution in [0.5, 0.6) is 0 Å². The van der Waals surface area contributed by atoms with Gasteiger partial charge in [0.05, 0.1) is 0 Å². The Morgan fingerprint density at radius 3 is 2.62 bits per heavy atom. The molecule has 3 rings (SSSR count). The van der Waals surface area contributed by atoms with Gasteiger partial charge in [-0.25, -0.2) is 4.79 Å². The highest BCUT2D eigenvalue weighted by atomic mass is 16.4. The Bertz CT molecular complexity index is 888. The molecule has 1 fully saturated rings. The first-order valence-electron chi connectivity index (χ1n) is 8.04. The number of imidazole rings is 1. The number of hydrogen-bond acceptors (Lipinski definition) is 5. The van der Waals surface area contributed by atoms with E-state index >= 15 is 0 Å². The zero-order chi connectivity index (χ0) is 17.4. The zero-order valence-corrected chi connectivity index (χ0v) is 13.8. The van der Waals surface area contributed by atoms with Gasteiger partial charge in [0, 0.05) is 20.1 Å². The lowest BCUT2D eigenvalue weighted by atomic mass is 9.95. The molecule has 2 aromatic heterocycles. The van der Waals surface area contributed by atoms with E-state index in [1.807, 2.05) is 11.9 Å². The molecule has 1 aliphatic rings. The number of nitrogens with zero attached hydrogens (tertiary/aromatic N) is 4. The summed E-state index contributed by atoms with van der Waals surface area (Å²) in [5, 5.41) is 9.23. The Balaban J connectivity index is 2.20. The normalized spacial score (nSPS) is 15.8. The van der Waals surface area contributed by atoms with E-state index in [0.29, 0.717) is 5.95 Å². The molecular weight excluding hydrogens is 314 g/mol. The summed E-state index contributed by atoms with van der Waals surface area (Å²) in [6, 6.07) is 0.249. The van der Waals surface area contributed by atoms with Crippen LogP contribution in [-0.4, -0.2) is 43.3 Å². The van der Waals surface area contributed by atoms with Gasteiger partial charge in [0.25, 0.3) is 5.56 Å². The number of fused-ring (bicyclic) bond motifs is 1. The van der Waals surface area contributed by atoms with E-state index in [1.165, 1.54) is 22.6 Å². The number of nitrogens with one attached hydrogen (secondary N) is 1. The molecule has 2 aromatic rings. The van der Waals surface area contributed by atoms with E-state index in [0.717, 1.165) is 25.7 Å². The van der Waals surface area contributed by atoms with Crippen LogP contribution >= 0.6 is 0 Å². The quantitative estimate of drug-likeness (QED) is 0.829. The molecule has 2 N–H and O–H groups in total. The monoisotopic (exact) mass is 335 g/mol. The molecule has 2 heterocycles. The Morgan fingerprint density at radius 1 is 1.33 bits per heavy atom. The van der Waals surface area contributed by atoms with Crippen LogP contribution in [0.25, 0.3) is 11.2 Å². The minimum absolute atomic E-state index is 0.108. The minimum atomic E-state index is -1.07. The Hall–Kier alpha value is -2.58. The predicted octanol–water partition coefficient (Wildman–Crippen LogP) is 0.277. The maximum atomic E-state index is 12.2. The average molecular weight is 335 g/mol. The molecule has 0 aromatic carbocycles. The molecule has 0 amide bonds. The first-order valence-corrected chi connectivity index (χ1v) is 8.04. The van der Waals surface area contributed by atoms with Crippen molar-refractivity contribution in [1.29, 1.82) is 0 Å². The lowest BCUT2D eigenvalue weighted by Crippen LogP contribution is -2.36. The predicted molar refractivity (Wildman–Crippen MR) is 88.5 cm³/mol. The van der Waals surface area contributed by atoms with Crippen LogP contribution in [0.1, 0.15) is 32.1 Å². The Morgan fingerprint density at radius 2 is 2.00 bits per heavy atom. The fourth-order valence-electron chi connectivity index (χ4n) is 3.41. The number of carboxylic acids is 1. The van der Waals surface area contributed by atoms with E-state index in [4.69, 9.17) is 0 Å². The molecule has 1 saturated carbocycles. The average Bonchev–Trinajstić information content (AvgIpc) is 2.92. The van der Waals surface area contributed by atoms with Gasteiger partial charge in [0.2, 0.25) is 5.95 Å². The number of hydrogen-bond donors (Lipinski definition) is 2. The summed E-state index contributed by atoms with van der Waals surface area (Å²) < 4.78 is 2.61. The SMILES string of the molecule is CN(c1nc2c(c(=O)[nH]c(=O)n2C)n1CC(=O)O)C1CCCCC1. The topological polar surface area (TPSA) is 113 Å². The third-order valence-electron chi connectivity index (χ3n) is 4.72. The van der Waals surface area contributed by atoms with Crippen molar-refractivity contribution in [3.63, 3.8) is 0 Å². The van der Waals surface area contributed by atoms with Crippen molar-refractivity contribution in [1.82, 2.24) is 19.1 Å². The number of aliphatic carboxylic acids is 1. The Kier molecular flexibility index (Phi) is 4.16. The summed E-state index contributed by atoms with van der Waals surface area (Å²) in [7, 11) is 3.37. The Labute approximate surface area is 137 Å². The fraction of sp³-hybridized carbons (Fsp3) is 0.600. The van der Waals surface area contributed by atoms with Crippen molar-refractivity contribution in [3.05, 3.63) is 20.8 Å². The summed E-state index contributed by atoms with van der Waals surface area (Å²) in [5.41, 5.74) is -0.885. The highest BCUT2D eigenvalue weighted by molar-refractivity contribution is 5.78. The molecule has 9 heteroatoms. The molecule has 0 spiro atoms. The molecule has 9 nitrogen and oxygen atoms in total. The van der Waals surface area contributed by atoms with Crippen molar-refractivity contribution >= 4 is 23.1 Å². The van der Waals surface area contributed by atoms with Gasteiger partial charge in [-0.15, -0.1) is 0 Å². The molecule has 1 aliphatic carbocycles. The molecule has 0 atom stereocenters. The summed E-state index contributed by atoms with van der Waals surface area (Å²) in [4.78, 5) is 43.9. The number of carbonyl (C=O) groups is 1. The summed E-state index contributed by atoms with van der Waals surface area (Å²) in [5.74, 6) is -0.660. The second-order valence-electron chi connectivity index (χ2n) is 6.28. The number of rotatable bonds is 4. The maximum absolute atomic E-state index is 12.2. The molecule has 0 radical (unpaired) electrons. The van der Waals surface area contributed by atoms with Crippen LogP contribution in [0.3, 0.4) is 0 Å². The third-order valence-corrected chi connectivity index (χ3v) is 4.72. The second kappa shape index (κ2) is 6.14. The highest BCUT2D eigenvalue weighted by Crippen LogP contribution is 2.27. The van der Waals surface area contributed by atoms with Crippen molar-refractivity contribution in [2.24, 2.45) is 7.05 Å². The number of aromatic nitrogens is 4. The molecule has 0 saturated heterocycles. The van der Waals surface area contributed by atoms with Gasteiger partial charge in [-0.2, -0.15) is 4.98 Å². The third kappa shape index (κ3) is 2.70. The highest BCUT2D eigenvalue weighted by Gasteiger charge is 2.26. The standard InChI is InChI=1S/C15H21N5O4/c1-18(9-6-4-3-5-7-9)14-16-12-11(20(14)8-10(21)22)13(23)17-15(24)19(12)2/h9H,3-8H2,1-2H3,(H,21,22)(H,17,23,24). The van der Waals surface area contributed by atoms with Crippen molar-refractivity contribution in [3.8, 4) is 0 Å². The summed E-state index contributed by atoms with van der Waals surface area (Å²) in [6.45, 7) is -0.385. The number of carboxylic acid groups (broad SMARTS) is 1. The molecule has 0 aliphatic heterocycles. The molecule has 130 valence electrons. The van der Waals surface area contributed by atoms with Gasteiger partial charge in [-0.3, -0.25) is 23.7 Å². The van der Waals surface area contributed by atoms with Crippen LogP contribution in [0.15, 0.2) is 9.59 Å². The first-order chi connectivity index (χ1) is 11.4. The number of aryl methyl sites for hydroxylation is 1. The number of anilines is 1. The van der Waals surface area contributed by atoms with Crippen LogP contribution in [0.2, 0.25) is 0 Å². The van der Waals surface area contributed by atoms with Gasteiger partial charge >= 0.3 is 11.7 Å². The first kappa shape index (κ1) is 16.3. The van der Waals surface area contributed by atoms with Crippen LogP contribution < -0.4 is 16.1 Å². The van der Waals surface area contributed by atoms with Crippen LogP contribution in [-0.2, 0) is 18.4 Å². The molecular formula is C15H21N5O4. The van der Waals surface area contributed by atoms with E-state index in [1.54, 1.807) is 0 Å². The van der Waals surface area contributed by atoms with Gasteiger partial charge in [-0.1, -0.05) is 19.3 Å². The number of aromatic amines is 1. The van der Waals surface area contributed by atoms with Crippen LogP contribution in [0.4, 0.5) is 5.95 Å². The molecule has 0 unspecified atom stereocenters. The van der Waals surface area contributed by atoms with Crippen molar-refractivity contribution < 1.29 is 9.90 Å². The fourth-order valence-corrected chi connectivity index (χ4v) is 3.41. The van der Waals surface area contributed by atoms with Gasteiger partial charge in [0.1, 0.15) is 6.54 Å².